The van der Waals surface area contributed by atoms with Gasteiger partial charge >= 0.3 is 6.18 Å². The van der Waals surface area contributed by atoms with Gasteiger partial charge in [-0.3, -0.25) is 4.79 Å². The van der Waals surface area contributed by atoms with E-state index in [1.54, 1.807) is 4.72 Å². The molecule has 0 aliphatic heterocycles. The molecular formula is C16H8Cl3F3N4O3S. The van der Waals surface area contributed by atoms with Crippen molar-refractivity contribution in [2.45, 2.75) is 11.1 Å². The number of sulfonamides is 1. The SMILES string of the molecule is O=C(NS(=O)(=O)c1cc(C(F)(F)F)ccc1Cl)c1cn(-c2cc(Cl)cc(Cl)c2)nn1. The number of benzene rings is 2. The van der Waals surface area contributed by atoms with E-state index in [1.165, 1.54) is 18.2 Å². The van der Waals surface area contributed by atoms with E-state index in [1.807, 2.05) is 0 Å². The van der Waals surface area contributed by atoms with Crippen molar-refractivity contribution in [2.75, 3.05) is 0 Å². The molecule has 0 fully saturated rings. The number of nitrogens with zero attached hydrogens (tertiary/aromatic N) is 3. The van der Waals surface area contributed by atoms with E-state index in [0.29, 0.717) is 17.8 Å². The Hall–Kier alpha value is -2.34. The Kier molecular flexibility index (Phi) is 6.01. The minimum absolute atomic E-state index is 0.278. The highest BCUT2D eigenvalue weighted by Gasteiger charge is 2.33. The van der Waals surface area contributed by atoms with E-state index >= 15 is 0 Å². The Morgan fingerprint density at radius 3 is 2.27 bits per heavy atom. The molecule has 1 N–H and O–H groups in total. The minimum atomic E-state index is -4.81. The fraction of sp³-hybridized carbons (Fsp3) is 0.0625. The molecular weight excluding hydrogens is 492 g/mol. The number of nitrogens with one attached hydrogen (secondary N) is 1. The standard InChI is InChI=1S/C16H8Cl3F3N4O3S/c17-9-4-10(18)6-11(5-9)26-7-13(23-25-26)15(27)24-30(28,29)14-3-8(16(20,21)22)1-2-12(14)19/h1-7H,(H,24,27). The van der Waals surface area contributed by atoms with Crippen molar-refractivity contribution in [1.29, 1.82) is 0 Å². The summed E-state index contributed by atoms with van der Waals surface area (Å²) in [5, 5.41) is 7.28. The largest absolute Gasteiger partial charge is 0.416 e. The van der Waals surface area contributed by atoms with Crippen LogP contribution in [0, 0.1) is 0 Å². The minimum Gasteiger partial charge on any atom is -0.266 e. The average molecular weight is 500 g/mol. The van der Waals surface area contributed by atoms with Gasteiger partial charge in [-0.2, -0.15) is 13.2 Å². The van der Waals surface area contributed by atoms with Crippen molar-refractivity contribution >= 4 is 50.7 Å². The third kappa shape index (κ3) is 4.86. The second-order valence-electron chi connectivity index (χ2n) is 5.75. The van der Waals surface area contributed by atoms with E-state index in [2.05, 4.69) is 10.3 Å². The molecule has 1 amide bonds. The lowest BCUT2D eigenvalue weighted by Gasteiger charge is -2.11. The molecule has 0 unspecified atom stereocenters. The Morgan fingerprint density at radius 1 is 1.03 bits per heavy atom. The highest BCUT2D eigenvalue weighted by molar-refractivity contribution is 7.90. The van der Waals surface area contributed by atoms with Gasteiger partial charge in [-0.05, 0) is 36.4 Å². The molecule has 0 radical (unpaired) electrons. The molecule has 0 saturated heterocycles. The van der Waals surface area contributed by atoms with Crippen LogP contribution in [-0.2, 0) is 16.2 Å². The van der Waals surface area contributed by atoms with Crippen LogP contribution in [0.25, 0.3) is 5.69 Å². The lowest BCUT2D eigenvalue weighted by molar-refractivity contribution is -0.137. The number of hydrogen-bond acceptors (Lipinski definition) is 5. The summed E-state index contributed by atoms with van der Waals surface area (Å²) in [7, 11) is -4.74. The first-order valence-corrected chi connectivity index (χ1v) is 10.3. The third-order valence-electron chi connectivity index (χ3n) is 3.61. The Bertz CT molecular complexity index is 1230. The lowest BCUT2D eigenvalue weighted by atomic mass is 10.2. The summed E-state index contributed by atoms with van der Waals surface area (Å²) >= 11 is 17.5. The molecule has 0 aliphatic rings. The quantitative estimate of drug-likeness (QED) is 0.575. The molecule has 30 heavy (non-hydrogen) atoms. The zero-order chi connectivity index (χ0) is 22.3. The van der Waals surface area contributed by atoms with Crippen LogP contribution in [0.2, 0.25) is 15.1 Å². The summed E-state index contributed by atoms with van der Waals surface area (Å²) in [5.41, 5.74) is -1.34. The van der Waals surface area contributed by atoms with Gasteiger partial charge < -0.3 is 0 Å². The molecule has 0 saturated carbocycles. The van der Waals surface area contributed by atoms with Gasteiger partial charge in [0.2, 0.25) is 0 Å². The summed E-state index contributed by atoms with van der Waals surface area (Å²) in [6, 6.07) is 6.09. The predicted octanol–water partition coefficient (Wildman–Crippen LogP) is 4.37. The number of hydrogen-bond donors (Lipinski definition) is 1. The maximum atomic E-state index is 12.9. The fourth-order valence-electron chi connectivity index (χ4n) is 2.28. The molecule has 158 valence electrons. The van der Waals surface area contributed by atoms with Crippen molar-refractivity contribution in [1.82, 2.24) is 19.7 Å². The van der Waals surface area contributed by atoms with Crippen molar-refractivity contribution in [3.8, 4) is 5.69 Å². The molecule has 0 atom stereocenters. The number of rotatable bonds is 4. The molecule has 0 spiro atoms. The van der Waals surface area contributed by atoms with Crippen LogP contribution in [0.1, 0.15) is 16.1 Å². The first-order valence-electron chi connectivity index (χ1n) is 7.69. The Labute approximate surface area is 182 Å². The second kappa shape index (κ2) is 8.06. The van der Waals surface area contributed by atoms with Crippen molar-refractivity contribution in [3.63, 3.8) is 0 Å². The van der Waals surface area contributed by atoms with Crippen LogP contribution in [0.4, 0.5) is 13.2 Å². The zero-order valence-electron chi connectivity index (χ0n) is 14.3. The van der Waals surface area contributed by atoms with Gasteiger partial charge in [0.05, 0.1) is 22.5 Å². The van der Waals surface area contributed by atoms with Gasteiger partial charge in [0.1, 0.15) is 4.90 Å². The van der Waals surface area contributed by atoms with Crippen LogP contribution < -0.4 is 4.72 Å². The lowest BCUT2D eigenvalue weighted by Crippen LogP contribution is -2.31. The average Bonchev–Trinajstić information content (AvgIpc) is 3.10. The topological polar surface area (TPSA) is 94.0 Å². The third-order valence-corrected chi connectivity index (χ3v) is 5.86. The van der Waals surface area contributed by atoms with Gasteiger partial charge in [0.25, 0.3) is 15.9 Å². The molecule has 14 heteroatoms. The summed E-state index contributed by atoms with van der Waals surface area (Å²) < 4.78 is 66.1. The van der Waals surface area contributed by atoms with Crippen LogP contribution in [0.5, 0.6) is 0 Å². The Balaban J connectivity index is 1.88. The number of alkyl halides is 3. The van der Waals surface area contributed by atoms with E-state index < -0.39 is 43.3 Å². The Morgan fingerprint density at radius 2 is 1.67 bits per heavy atom. The van der Waals surface area contributed by atoms with Crippen molar-refractivity contribution in [3.05, 3.63) is 68.9 Å². The molecule has 2 aromatic carbocycles. The summed E-state index contributed by atoms with van der Waals surface area (Å²) in [4.78, 5) is 11.4. The number of aromatic nitrogens is 3. The van der Waals surface area contributed by atoms with E-state index in [4.69, 9.17) is 34.8 Å². The maximum Gasteiger partial charge on any atom is 0.416 e. The first-order chi connectivity index (χ1) is 13.9. The summed E-state index contributed by atoms with van der Waals surface area (Å²) in [5.74, 6) is -1.23. The maximum absolute atomic E-state index is 12.9. The van der Waals surface area contributed by atoms with E-state index in [-0.39, 0.29) is 10.0 Å². The number of carbonyl (C=O) groups is 1. The number of halogens is 6. The van der Waals surface area contributed by atoms with E-state index in [9.17, 15) is 26.4 Å². The number of carbonyl (C=O) groups excluding carboxylic acids is 1. The zero-order valence-corrected chi connectivity index (χ0v) is 17.4. The monoisotopic (exact) mass is 498 g/mol. The molecule has 7 nitrogen and oxygen atoms in total. The molecule has 0 aliphatic carbocycles. The van der Waals surface area contributed by atoms with Crippen LogP contribution in [0.15, 0.2) is 47.5 Å². The molecule has 3 rings (SSSR count). The summed E-state index contributed by atoms with van der Waals surface area (Å²) in [6.45, 7) is 0. The smallest absolute Gasteiger partial charge is 0.266 e. The predicted molar refractivity (Wildman–Crippen MR) is 102 cm³/mol. The van der Waals surface area contributed by atoms with Gasteiger partial charge in [0, 0.05) is 10.0 Å². The van der Waals surface area contributed by atoms with Crippen molar-refractivity contribution in [2.24, 2.45) is 0 Å². The molecule has 3 aromatic rings. The second-order valence-corrected chi connectivity index (χ2v) is 8.68. The highest BCUT2D eigenvalue weighted by Crippen LogP contribution is 2.33. The van der Waals surface area contributed by atoms with Gasteiger partial charge in [-0.1, -0.05) is 40.0 Å². The van der Waals surface area contributed by atoms with Crippen LogP contribution in [0.3, 0.4) is 0 Å². The molecule has 1 aromatic heterocycles. The van der Waals surface area contributed by atoms with Crippen LogP contribution >= 0.6 is 34.8 Å². The molecule has 1 heterocycles. The van der Waals surface area contributed by atoms with Crippen LogP contribution in [-0.4, -0.2) is 29.3 Å². The highest BCUT2D eigenvalue weighted by atomic mass is 35.5. The van der Waals surface area contributed by atoms with Gasteiger partial charge in [-0.25, -0.2) is 17.8 Å². The van der Waals surface area contributed by atoms with Gasteiger partial charge in [0.15, 0.2) is 5.69 Å². The van der Waals surface area contributed by atoms with Gasteiger partial charge in [-0.15, -0.1) is 5.10 Å². The first kappa shape index (κ1) is 22.3. The fourth-order valence-corrected chi connectivity index (χ4v) is 4.28. The molecule has 0 bridgehead atoms. The summed E-state index contributed by atoms with van der Waals surface area (Å²) in [6.07, 6.45) is -3.72. The normalized spacial score (nSPS) is 12.1. The van der Waals surface area contributed by atoms with E-state index in [0.717, 1.165) is 16.9 Å². The number of amides is 1. The van der Waals surface area contributed by atoms with Crippen molar-refractivity contribution < 1.29 is 26.4 Å².